The van der Waals surface area contributed by atoms with Gasteiger partial charge in [-0.2, -0.15) is 5.10 Å². The van der Waals surface area contributed by atoms with Crippen molar-refractivity contribution in [1.82, 2.24) is 14.8 Å². The molecule has 0 saturated carbocycles. The molecule has 1 rings (SSSR count). The third-order valence-corrected chi connectivity index (χ3v) is 2.08. The molecule has 0 N–H and O–H groups in total. The van der Waals surface area contributed by atoms with Gasteiger partial charge in [-0.3, -0.25) is 14.3 Å². The third kappa shape index (κ3) is 2.89. The lowest BCUT2D eigenvalue weighted by Crippen LogP contribution is -2.26. The molecule has 1 heterocycles. The van der Waals surface area contributed by atoms with Gasteiger partial charge >= 0.3 is 0 Å². The van der Waals surface area contributed by atoms with Crippen molar-refractivity contribution in [3.05, 3.63) is 16.9 Å². The molecule has 0 atom stereocenters. The molecule has 0 spiro atoms. The van der Waals surface area contributed by atoms with Crippen molar-refractivity contribution in [3.63, 3.8) is 0 Å². The van der Waals surface area contributed by atoms with E-state index in [-0.39, 0.29) is 10.7 Å². The Morgan fingerprint density at radius 2 is 2.38 bits per heavy atom. The smallest absolute Gasteiger partial charge is 0.274 e. The van der Waals surface area contributed by atoms with Crippen LogP contribution in [-0.4, -0.2) is 41.3 Å². The number of aromatic nitrogens is 2. The Kier molecular flexibility index (Phi) is 4.19. The summed E-state index contributed by atoms with van der Waals surface area (Å²) < 4.78 is 25.0. The van der Waals surface area contributed by atoms with Crippen molar-refractivity contribution in [1.29, 1.82) is 0 Å². The standard InChI is InChI=1S/C8H10ClF2N3O2/c1-13(16-2)8(15)7-5(9)3-14(12-7)4-6(10)11/h3,6H,4H2,1-2H3. The highest BCUT2D eigenvalue weighted by molar-refractivity contribution is 6.33. The number of hydrogen-bond acceptors (Lipinski definition) is 3. The Labute approximate surface area is 95.5 Å². The first-order chi connectivity index (χ1) is 7.45. The van der Waals surface area contributed by atoms with Gasteiger partial charge in [-0.15, -0.1) is 0 Å². The quantitative estimate of drug-likeness (QED) is 0.763. The second-order valence-electron chi connectivity index (χ2n) is 2.92. The average Bonchev–Trinajstić information content (AvgIpc) is 2.56. The van der Waals surface area contributed by atoms with E-state index in [1.165, 1.54) is 20.4 Å². The minimum Gasteiger partial charge on any atom is -0.274 e. The summed E-state index contributed by atoms with van der Waals surface area (Å²) in [5.74, 6) is -0.597. The topological polar surface area (TPSA) is 47.4 Å². The summed E-state index contributed by atoms with van der Waals surface area (Å²) in [7, 11) is 2.66. The number of carbonyl (C=O) groups excluding carboxylic acids is 1. The van der Waals surface area contributed by atoms with E-state index in [1.807, 2.05) is 0 Å². The minimum absolute atomic E-state index is 0.00884. The Bertz CT molecular complexity index is 383. The molecule has 0 aliphatic carbocycles. The number of halogens is 3. The maximum Gasteiger partial charge on any atom is 0.299 e. The highest BCUT2D eigenvalue weighted by atomic mass is 35.5. The summed E-state index contributed by atoms with van der Waals surface area (Å²) in [6, 6.07) is 0. The molecule has 1 amide bonds. The lowest BCUT2D eigenvalue weighted by Gasteiger charge is -2.11. The van der Waals surface area contributed by atoms with Gasteiger partial charge in [0, 0.05) is 13.2 Å². The highest BCUT2D eigenvalue weighted by Gasteiger charge is 2.20. The van der Waals surface area contributed by atoms with Gasteiger partial charge in [-0.05, 0) is 0 Å². The van der Waals surface area contributed by atoms with E-state index in [2.05, 4.69) is 9.94 Å². The van der Waals surface area contributed by atoms with Crippen molar-refractivity contribution in [2.45, 2.75) is 13.0 Å². The van der Waals surface area contributed by atoms with E-state index >= 15 is 0 Å². The Morgan fingerprint density at radius 1 is 1.75 bits per heavy atom. The molecule has 0 saturated heterocycles. The van der Waals surface area contributed by atoms with Crippen LogP contribution in [0.15, 0.2) is 6.20 Å². The predicted molar refractivity (Wildman–Crippen MR) is 52.3 cm³/mol. The summed E-state index contributed by atoms with van der Waals surface area (Å²) in [5, 5.41) is 4.56. The van der Waals surface area contributed by atoms with Crippen LogP contribution in [0.25, 0.3) is 0 Å². The molecule has 0 aliphatic rings. The molecule has 16 heavy (non-hydrogen) atoms. The van der Waals surface area contributed by atoms with Crippen LogP contribution in [0.5, 0.6) is 0 Å². The first kappa shape index (κ1) is 12.9. The molecule has 0 unspecified atom stereocenters. The maximum absolute atomic E-state index is 12.1. The lowest BCUT2D eigenvalue weighted by atomic mass is 10.4. The van der Waals surface area contributed by atoms with Gasteiger partial charge in [0.15, 0.2) is 5.69 Å². The van der Waals surface area contributed by atoms with Crippen LogP contribution in [0.3, 0.4) is 0 Å². The van der Waals surface area contributed by atoms with Crippen LogP contribution in [0.2, 0.25) is 5.02 Å². The van der Waals surface area contributed by atoms with Crippen LogP contribution in [-0.2, 0) is 11.4 Å². The summed E-state index contributed by atoms with van der Waals surface area (Å²) in [5.41, 5.74) is -0.119. The number of amides is 1. The molecular formula is C8H10ClF2N3O2. The molecule has 8 heteroatoms. The number of rotatable bonds is 4. The normalized spacial score (nSPS) is 10.9. The molecule has 0 bridgehead atoms. The zero-order valence-electron chi connectivity index (χ0n) is 8.65. The number of nitrogens with zero attached hydrogens (tertiary/aromatic N) is 3. The van der Waals surface area contributed by atoms with Crippen LogP contribution in [0.1, 0.15) is 10.5 Å². The largest absolute Gasteiger partial charge is 0.299 e. The predicted octanol–water partition coefficient (Wildman–Crippen LogP) is 1.43. The summed E-state index contributed by atoms with van der Waals surface area (Å²) >= 11 is 5.69. The number of alkyl halides is 2. The van der Waals surface area contributed by atoms with Crippen LogP contribution in [0, 0.1) is 0 Å². The van der Waals surface area contributed by atoms with E-state index < -0.39 is 18.9 Å². The minimum atomic E-state index is -2.56. The van der Waals surface area contributed by atoms with Crippen molar-refractivity contribution >= 4 is 17.5 Å². The molecule has 0 fully saturated rings. The first-order valence-corrected chi connectivity index (χ1v) is 4.66. The highest BCUT2D eigenvalue weighted by Crippen LogP contribution is 2.16. The zero-order valence-corrected chi connectivity index (χ0v) is 9.41. The van der Waals surface area contributed by atoms with E-state index in [4.69, 9.17) is 11.6 Å². The fraction of sp³-hybridized carbons (Fsp3) is 0.500. The second kappa shape index (κ2) is 5.22. The third-order valence-electron chi connectivity index (χ3n) is 1.80. The number of carbonyl (C=O) groups is 1. The molecule has 0 radical (unpaired) electrons. The maximum atomic E-state index is 12.1. The van der Waals surface area contributed by atoms with E-state index in [0.29, 0.717) is 0 Å². The molecule has 0 aromatic carbocycles. The van der Waals surface area contributed by atoms with E-state index in [0.717, 1.165) is 9.75 Å². The van der Waals surface area contributed by atoms with Gasteiger partial charge in [-0.25, -0.2) is 13.8 Å². The molecule has 90 valence electrons. The average molecular weight is 254 g/mol. The van der Waals surface area contributed by atoms with Crippen molar-refractivity contribution in [2.24, 2.45) is 0 Å². The first-order valence-electron chi connectivity index (χ1n) is 4.29. The fourth-order valence-electron chi connectivity index (χ4n) is 1.01. The van der Waals surface area contributed by atoms with Crippen molar-refractivity contribution in [2.75, 3.05) is 14.2 Å². The summed E-state index contributed by atoms with van der Waals surface area (Å²) in [6.45, 7) is -0.607. The van der Waals surface area contributed by atoms with Gasteiger partial charge in [0.25, 0.3) is 12.3 Å². The Hall–Kier alpha value is -1.21. The Balaban J connectivity index is 2.89. The van der Waals surface area contributed by atoms with Gasteiger partial charge in [0.1, 0.15) is 6.54 Å². The number of hydrogen-bond donors (Lipinski definition) is 0. The van der Waals surface area contributed by atoms with Crippen LogP contribution < -0.4 is 0 Å². The van der Waals surface area contributed by atoms with Gasteiger partial charge in [0.05, 0.1) is 12.1 Å². The lowest BCUT2D eigenvalue weighted by molar-refractivity contribution is -0.0761. The second-order valence-corrected chi connectivity index (χ2v) is 3.33. The SMILES string of the molecule is CON(C)C(=O)c1nn(CC(F)F)cc1Cl. The van der Waals surface area contributed by atoms with Gasteiger partial charge < -0.3 is 0 Å². The van der Waals surface area contributed by atoms with E-state index in [1.54, 1.807) is 0 Å². The van der Waals surface area contributed by atoms with E-state index in [9.17, 15) is 13.6 Å². The summed E-state index contributed by atoms with van der Waals surface area (Å²) in [6.07, 6.45) is -1.39. The molecule has 1 aromatic heterocycles. The number of hydroxylamine groups is 2. The fourth-order valence-corrected chi connectivity index (χ4v) is 1.24. The van der Waals surface area contributed by atoms with Crippen LogP contribution in [0.4, 0.5) is 8.78 Å². The van der Waals surface area contributed by atoms with Crippen LogP contribution >= 0.6 is 11.6 Å². The van der Waals surface area contributed by atoms with Crippen molar-refractivity contribution in [3.8, 4) is 0 Å². The Morgan fingerprint density at radius 3 is 2.88 bits per heavy atom. The van der Waals surface area contributed by atoms with Crippen molar-refractivity contribution < 1.29 is 18.4 Å². The van der Waals surface area contributed by atoms with Gasteiger partial charge in [-0.1, -0.05) is 11.6 Å². The monoisotopic (exact) mass is 253 g/mol. The molecule has 1 aromatic rings. The zero-order chi connectivity index (χ0) is 12.3. The molecular weight excluding hydrogens is 244 g/mol. The molecule has 0 aliphatic heterocycles. The molecule has 5 nitrogen and oxygen atoms in total. The van der Waals surface area contributed by atoms with Gasteiger partial charge in [0.2, 0.25) is 0 Å². The summed E-state index contributed by atoms with van der Waals surface area (Å²) in [4.78, 5) is 16.2.